The first-order valence-electron chi connectivity index (χ1n) is 5.54. The van der Waals surface area contributed by atoms with Crippen molar-refractivity contribution in [2.24, 2.45) is 0 Å². The molecule has 2 rings (SSSR count). The Labute approximate surface area is 104 Å². The number of para-hydroxylation sites is 1. The highest BCUT2D eigenvalue weighted by atomic mass is 32.1. The fourth-order valence-corrected chi connectivity index (χ4v) is 2.15. The number of nitrogens with two attached hydrogens (primary N) is 1. The smallest absolute Gasteiger partial charge is 0.203 e. The molecular formula is C12H15N3OS. The summed E-state index contributed by atoms with van der Waals surface area (Å²) in [7, 11) is 0. The van der Waals surface area contributed by atoms with E-state index in [4.69, 9.17) is 10.5 Å². The first kappa shape index (κ1) is 11.9. The van der Waals surface area contributed by atoms with Gasteiger partial charge in [-0.2, -0.15) is 0 Å². The van der Waals surface area contributed by atoms with E-state index in [2.05, 4.69) is 23.2 Å². The lowest BCUT2D eigenvalue weighted by molar-refractivity contribution is 0.223. The number of rotatable bonds is 4. The van der Waals surface area contributed by atoms with Crippen LogP contribution >= 0.6 is 11.3 Å². The lowest BCUT2D eigenvalue weighted by Crippen LogP contribution is -2.04. The van der Waals surface area contributed by atoms with E-state index in [-0.39, 0.29) is 6.10 Å². The number of aryl methyl sites for hydroxylation is 1. The first-order chi connectivity index (χ1) is 8.20. The van der Waals surface area contributed by atoms with Crippen LogP contribution in [0.5, 0.6) is 5.75 Å². The van der Waals surface area contributed by atoms with Crippen LogP contribution in [0, 0.1) is 0 Å². The predicted octanol–water partition coefficient (Wildman–Crippen LogP) is 2.82. The van der Waals surface area contributed by atoms with Crippen molar-refractivity contribution >= 4 is 16.5 Å². The van der Waals surface area contributed by atoms with Gasteiger partial charge in [-0.05, 0) is 25.0 Å². The molecule has 2 aromatic rings. The number of hydrogen-bond donors (Lipinski definition) is 1. The fraction of sp³-hybridized carbons (Fsp3) is 0.333. The van der Waals surface area contributed by atoms with E-state index >= 15 is 0 Å². The third-order valence-electron chi connectivity index (χ3n) is 2.46. The third-order valence-corrected chi connectivity index (χ3v) is 3.37. The molecule has 1 unspecified atom stereocenters. The van der Waals surface area contributed by atoms with Gasteiger partial charge in [-0.25, -0.2) is 0 Å². The van der Waals surface area contributed by atoms with E-state index in [1.54, 1.807) is 0 Å². The maximum atomic E-state index is 5.89. The summed E-state index contributed by atoms with van der Waals surface area (Å²) in [4.78, 5) is 0. The fourth-order valence-electron chi connectivity index (χ4n) is 1.56. The van der Waals surface area contributed by atoms with Crippen LogP contribution in [-0.2, 0) is 6.42 Å². The van der Waals surface area contributed by atoms with Gasteiger partial charge < -0.3 is 10.5 Å². The highest BCUT2D eigenvalue weighted by Crippen LogP contribution is 2.27. The number of anilines is 1. The molecule has 0 fully saturated rings. The molecule has 0 aliphatic carbocycles. The number of nitrogen functional groups attached to an aromatic ring is 1. The van der Waals surface area contributed by atoms with E-state index < -0.39 is 0 Å². The summed E-state index contributed by atoms with van der Waals surface area (Å²) in [5.74, 6) is 0.899. The van der Waals surface area contributed by atoms with Gasteiger partial charge in [0.1, 0.15) is 11.9 Å². The quantitative estimate of drug-likeness (QED) is 0.905. The van der Waals surface area contributed by atoms with Crippen LogP contribution in [0.25, 0.3) is 0 Å². The second-order valence-corrected chi connectivity index (χ2v) is 4.74. The number of aromatic nitrogens is 2. The van der Waals surface area contributed by atoms with E-state index in [0.29, 0.717) is 5.13 Å². The van der Waals surface area contributed by atoms with E-state index in [1.165, 1.54) is 16.9 Å². The standard InChI is InChI=1S/C12H15N3OS/c1-3-9-6-4-5-7-10(9)16-8(2)11-14-15-12(13)17-11/h4-8H,3H2,1-2H3,(H2,13,15). The lowest BCUT2D eigenvalue weighted by atomic mass is 10.1. The van der Waals surface area contributed by atoms with Gasteiger partial charge in [-0.1, -0.05) is 36.5 Å². The lowest BCUT2D eigenvalue weighted by Gasteiger charge is -2.14. The van der Waals surface area contributed by atoms with Crippen molar-refractivity contribution in [2.75, 3.05) is 5.73 Å². The van der Waals surface area contributed by atoms with Crippen LogP contribution in [0.3, 0.4) is 0 Å². The topological polar surface area (TPSA) is 61.0 Å². The summed E-state index contributed by atoms with van der Waals surface area (Å²) in [6.45, 7) is 4.06. The summed E-state index contributed by atoms with van der Waals surface area (Å²) in [6, 6.07) is 8.02. The molecule has 0 radical (unpaired) electrons. The van der Waals surface area contributed by atoms with Crippen molar-refractivity contribution in [3.8, 4) is 5.75 Å². The summed E-state index contributed by atoms with van der Waals surface area (Å²) < 4.78 is 5.89. The molecule has 1 atom stereocenters. The number of nitrogens with zero attached hydrogens (tertiary/aromatic N) is 2. The number of hydrogen-bond acceptors (Lipinski definition) is 5. The maximum absolute atomic E-state index is 5.89. The number of benzene rings is 1. The molecule has 1 aromatic carbocycles. The zero-order chi connectivity index (χ0) is 12.3. The highest BCUT2D eigenvalue weighted by Gasteiger charge is 2.13. The second kappa shape index (κ2) is 5.14. The van der Waals surface area contributed by atoms with Crippen LogP contribution in [-0.4, -0.2) is 10.2 Å². The molecule has 4 nitrogen and oxygen atoms in total. The maximum Gasteiger partial charge on any atom is 0.203 e. The monoisotopic (exact) mass is 249 g/mol. The first-order valence-corrected chi connectivity index (χ1v) is 6.35. The molecule has 0 aliphatic heterocycles. The van der Waals surface area contributed by atoms with E-state index in [1.807, 2.05) is 25.1 Å². The average molecular weight is 249 g/mol. The SMILES string of the molecule is CCc1ccccc1OC(C)c1nnc(N)s1. The molecule has 0 bridgehead atoms. The van der Waals surface area contributed by atoms with Gasteiger partial charge in [0.15, 0.2) is 5.01 Å². The minimum Gasteiger partial charge on any atom is -0.483 e. The average Bonchev–Trinajstić information content (AvgIpc) is 2.77. The van der Waals surface area contributed by atoms with Crippen LogP contribution in [0.4, 0.5) is 5.13 Å². The van der Waals surface area contributed by atoms with E-state index in [9.17, 15) is 0 Å². The Balaban J connectivity index is 2.15. The largest absolute Gasteiger partial charge is 0.483 e. The highest BCUT2D eigenvalue weighted by molar-refractivity contribution is 7.15. The van der Waals surface area contributed by atoms with Gasteiger partial charge in [0.2, 0.25) is 5.13 Å². The van der Waals surface area contributed by atoms with Crippen molar-refractivity contribution in [1.82, 2.24) is 10.2 Å². The molecule has 0 saturated heterocycles. The molecule has 0 saturated carbocycles. The molecule has 1 heterocycles. The minimum atomic E-state index is -0.127. The van der Waals surface area contributed by atoms with Crippen molar-refractivity contribution in [1.29, 1.82) is 0 Å². The van der Waals surface area contributed by atoms with Gasteiger partial charge in [0, 0.05) is 0 Å². The van der Waals surface area contributed by atoms with Gasteiger partial charge >= 0.3 is 0 Å². The second-order valence-electron chi connectivity index (χ2n) is 3.70. The Morgan fingerprint density at radius 2 is 2.12 bits per heavy atom. The Bertz CT molecular complexity index is 498. The summed E-state index contributed by atoms with van der Waals surface area (Å²) in [6.07, 6.45) is 0.818. The van der Waals surface area contributed by atoms with Crippen LogP contribution in [0.2, 0.25) is 0 Å². The summed E-state index contributed by atoms with van der Waals surface area (Å²) >= 11 is 1.36. The molecule has 0 amide bonds. The summed E-state index contributed by atoms with van der Waals surface area (Å²) in [5.41, 5.74) is 6.75. The predicted molar refractivity (Wildman–Crippen MR) is 69.2 cm³/mol. The Kier molecular flexibility index (Phi) is 3.58. The van der Waals surface area contributed by atoms with Gasteiger partial charge in [0.25, 0.3) is 0 Å². The molecular weight excluding hydrogens is 234 g/mol. The van der Waals surface area contributed by atoms with Gasteiger partial charge in [-0.15, -0.1) is 10.2 Å². The molecule has 90 valence electrons. The normalized spacial score (nSPS) is 12.4. The molecule has 17 heavy (non-hydrogen) atoms. The van der Waals surface area contributed by atoms with Crippen molar-refractivity contribution < 1.29 is 4.74 Å². The van der Waals surface area contributed by atoms with Gasteiger partial charge in [0.05, 0.1) is 0 Å². The molecule has 2 N–H and O–H groups in total. The number of ether oxygens (including phenoxy) is 1. The van der Waals surface area contributed by atoms with Crippen molar-refractivity contribution in [2.45, 2.75) is 26.4 Å². The third kappa shape index (κ3) is 2.74. The van der Waals surface area contributed by atoms with Crippen LogP contribution < -0.4 is 10.5 Å². The molecule has 1 aromatic heterocycles. The van der Waals surface area contributed by atoms with Crippen LogP contribution in [0.1, 0.15) is 30.5 Å². The van der Waals surface area contributed by atoms with Crippen LogP contribution in [0.15, 0.2) is 24.3 Å². The summed E-state index contributed by atoms with van der Waals surface area (Å²) in [5, 5.41) is 9.05. The Morgan fingerprint density at radius 3 is 2.76 bits per heavy atom. The molecule has 0 spiro atoms. The van der Waals surface area contributed by atoms with Crippen molar-refractivity contribution in [3.05, 3.63) is 34.8 Å². The van der Waals surface area contributed by atoms with E-state index in [0.717, 1.165) is 17.2 Å². The van der Waals surface area contributed by atoms with Gasteiger partial charge in [-0.3, -0.25) is 0 Å². The zero-order valence-corrected chi connectivity index (χ0v) is 10.7. The van der Waals surface area contributed by atoms with Crippen molar-refractivity contribution in [3.63, 3.8) is 0 Å². The molecule has 5 heteroatoms. The molecule has 0 aliphatic rings. The minimum absolute atomic E-state index is 0.127. The zero-order valence-electron chi connectivity index (χ0n) is 9.88. The Morgan fingerprint density at radius 1 is 1.35 bits per heavy atom. The Hall–Kier alpha value is -1.62.